The zero-order valence-corrected chi connectivity index (χ0v) is 15.7. The third-order valence-electron chi connectivity index (χ3n) is 4.63. The van der Waals surface area contributed by atoms with Crippen LogP contribution in [-0.2, 0) is 6.42 Å². The number of nitrogens with two attached hydrogens (primary N) is 1. The molecule has 0 aliphatic rings. The average Bonchev–Trinajstić information content (AvgIpc) is 2.74. The van der Waals surface area contributed by atoms with Crippen molar-refractivity contribution in [3.8, 4) is 11.4 Å². The number of hydrogen-bond acceptors (Lipinski definition) is 6. The quantitative estimate of drug-likeness (QED) is 0.562. The molecule has 0 aliphatic heterocycles. The maximum absolute atomic E-state index is 6.43. The molecule has 140 valence electrons. The summed E-state index contributed by atoms with van der Waals surface area (Å²) in [6.45, 7) is 0.680. The molecule has 0 amide bonds. The van der Waals surface area contributed by atoms with Crippen LogP contribution in [0.1, 0.15) is 5.56 Å². The zero-order chi connectivity index (χ0) is 19.3. The van der Waals surface area contributed by atoms with Crippen LogP contribution in [0.15, 0.2) is 73.3 Å². The highest BCUT2D eigenvalue weighted by Gasteiger charge is 2.15. The number of pyridine rings is 2. The van der Waals surface area contributed by atoms with E-state index < -0.39 is 0 Å². The van der Waals surface area contributed by atoms with Gasteiger partial charge < -0.3 is 10.6 Å². The van der Waals surface area contributed by atoms with Gasteiger partial charge in [-0.15, -0.1) is 0 Å². The number of anilines is 1. The van der Waals surface area contributed by atoms with E-state index in [-0.39, 0.29) is 6.04 Å². The number of fused-ring (bicyclic) bond motifs is 1. The van der Waals surface area contributed by atoms with Gasteiger partial charge in [0.05, 0.1) is 11.7 Å². The monoisotopic (exact) mass is 370 g/mol. The van der Waals surface area contributed by atoms with Crippen molar-refractivity contribution in [2.24, 2.45) is 5.73 Å². The van der Waals surface area contributed by atoms with E-state index >= 15 is 0 Å². The Kier molecular flexibility index (Phi) is 5.21. The summed E-state index contributed by atoms with van der Waals surface area (Å²) in [5.74, 6) is 1.50. The highest BCUT2D eigenvalue weighted by molar-refractivity contribution is 5.90. The van der Waals surface area contributed by atoms with Crippen LogP contribution in [0.25, 0.3) is 22.3 Å². The summed E-state index contributed by atoms with van der Waals surface area (Å²) in [5.41, 5.74) is 9.39. The fourth-order valence-electron chi connectivity index (χ4n) is 3.30. The van der Waals surface area contributed by atoms with Crippen molar-refractivity contribution in [2.75, 3.05) is 18.5 Å². The first-order valence-corrected chi connectivity index (χ1v) is 9.23. The standard InChI is InChI=1S/C22H22N6/c1-28(15-18(23)13-16-5-3-2-4-6-16)22-19-9-12-25-14-20(19)26-21(27-22)17-7-10-24-11-8-17/h2-12,14,18H,13,15,23H2,1H3. The van der Waals surface area contributed by atoms with Crippen molar-refractivity contribution in [2.45, 2.75) is 12.5 Å². The lowest BCUT2D eigenvalue weighted by Gasteiger charge is -2.24. The molecule has 1 aromatic carbocycles. The highest BCUT2D eigenvalue weighted by Crippen LogP contribution is 2.26. The molecule has 4 rings (SSSR count). The molecule has 3 heterocycles. The molecule has 0 saturated carbocycles. The van der Waals surface area contributed by atoms with E-state index in [1.165, 1.54) is 5.56 Å². The number of likely N-dealkylation sites (N-methyl/N-ethyl adjacent to an activating group) is 1. The summed E-state index contributed by atoms with van der Waals surface area (Å²) >= 11 is 0. The predicted molar refractivity (Wildman–Crippen MR) is 112 cm³/mol. The van der Waals surface area contributed by atoms with Gasteiger partial charge in [-0.25, -0.2) is 9.97 Å². The normalized spacial score (nSPS) is 12.1. The number of hydrogen-bond donors (Lipinski definition) is 1. The number of aromatic nitrogens is 4. The van der Waals surface area contributed by atoms with E-state index in [9.17, 15) is 0 Å². The fraction of sp³-hybridized carbons (Fsp3) is 0.182. The fourth-order valence-corrected chi connectivity index (χ4v) is 3.30. The van der Waals surface area contributed by atoms with E-state index in [0.29, 0.717) is 12.4 Å². The van der Waals surface area contributed by atoms with Crippen LogP contribution in [-0.4, -0.2) is 39.6 Å². The highest BCUT2D eigenvalue weighted by atomic mass is 15.2. The lowest BCUT2D eigenvalue weighted by atomic mass is 10.1. The van der Waals surface area contributed by atoms with Gasteiger partial charge in [-0.1, -0.05) is 30.3 Å². The Morgan fingerprint density at radius 3 is 2.46 bits per heavy atom. The Labute approximate surface area is 164 Å². The summed E-state index contributed by atoms with van der Waals surface area (Å²) in [6.07, 6.45) is 7.82. The van der Waals surface area contributed by atoms with Crippen LogP contribution in [0.3, 0.4) is 0 Å². The molecule has 0 spiro atoms. The smallest absolute Gasteiger partial charge is 0.162 e. The molecule has 28 heavy (non-hydrogen) atoms. The molecule has 2 N–H and O–H groups in total. The summed E-state index contributed by atoms with van der Waals surface area (Å²) in [7, 11) is 2.02. The molecular formula is C22H22N6. The molecule has 6 nitrogen and oxygen atoms in total. The molecule has 0 bridgehead atoms. The van der Waals surface area contributed by atoms with Crippen LogP contribution in [0.4, 0.5) is 5.82 Å². The minimum Gasteiger partial charge on any atom is -0.357 e. The van der Waals surface area contributed by atoms with Crippen molar-refractivity contribution in [1.29, 1.82) is 0 Å². The van der Waals surface area contributed by atoms with E-state index in [2.05, 4.69) is 32.0 Å². The van der Waals surface area contributed by atoms with Gasteiger partial charge >= 0.3 is 0 Å². The van der Waals surface area contributed by atoms with E-state index in [4.69, 9.17) is 10.7 Å². The first-order chi connectivity index (χ1) is 13.7. The van der Waals surface area contributed by atoms with Gasteiger partial charge in [0, 0.05) is 49.2 Å². The first kappa shape index (κ1) is 18.0. The molecule has 0 fully saturated rings. The van der Waals surface area contributed by atoms with Gasteiger partial charge in [-0.3, -0.25) is 9.97 Å². The molecular weight excluding hydrogens is 348 g/mol. The molecule has 0 aliphatic carbocycles. The maximum Gasteiger partial charge on any atom is 0.162 e. The van der Waals surface area contributed by atoms with E-state index in [1.54, 1.807) is 24.8 Å². The van der Waals surface area contributed by atoms with Gasteiger partial charge in [-0.2, -0.15) is 0 Å². The van der Waals surface area contributed by atoms with Crippen LogP contribution < -0.4 is 10.6 Å². The van der Waals surface area contributed by atoms with Crippen LogP contribution >= 0.6 is 0 Å². The summed E-state index contributed by atoms with van der Waals surface area (Å²) in [4.78, 5) is 19.9. The van der Waals surface area contributed by atoms with Crippen molar-refractivity contribution in [1.82, 2.24) is 19.9 Å². The lowest BCUT2D eigenvalue weighted by Crippen LogP contribution is -2.37. The summed E-state index contributed by atoms with van der Waals surface area (Å²) < 4.78 is 0. The zero-order valence-electron chi connectivity index (χ0n) is 15.7. The van der Waals surface area contributed by atoms with Gasteiger partial charge in [-0.05, 0) is 30.2 Å². The molecule has 6 heteroatoms. The lowest BCUT2D eigenvalue weighted by molar-refractivity contribution is 0.653. The second-order valence-electron chi connectivity index (χ2n) is 6.83. The van der Waals surface area contributed by atoms with Crippen LogP contribution in [0.5, 0.6) is 0 Å². The first-order valence-electron chi connectivity index (χ1n) is 9.23. The topological polar surface area (TPSA) is 80.8 Å². The Morgan fingerprint density at radius 2 is 1.68 bits per heavy atom. The van der Waals surface area contributed by atoms with Crippen molar-refractivity contribution < 1.29 is 0 Å². The van der Waals surface area contributed by atoms with Crippen LogP contribution in [0, 0.1) is 0 Å². The SMILES string of the molecule is CN(CC(N)Cc1ccccc1)c1nc(-c2ccncc2)nc2cnccc12. The molecule has 0 radical (unpaired) electrons. The van der Waals surface area contributed by atoms with Gasteiger partial charge in [0.15, 0.2) is 5.82 Å². The number of benzene rings is 1. The minimum atomic E-state index is -0.0105. The van der Waals surface area contributed by atoms with Crippen LogP contribution in [0.2, 0.25) is 0 Å². The van der Waals surface area contributed by atoms with Gasteiger partial charge in [0.1, 0.15) is 5.82 Å². The van der Waals surface area contributed by atoms with E-state index in [0.717, 1.165) is 28.7 Å². The van der Waals surface area contributed by atoms with Gasteiger partial charge in [0.25, 0.3) is 0 Å². The third kappa shape index (κ3) is 3.97. The number of nitrogens with zero attached hydrogens (tertiary/aromatic N) is 5. The summed E-state index contributed by atoms with van der Waals surface area (Å²) in [6, 6.07) is 16.0. The third-order valence-corrected chi connectivity index (χ3v) is 4.63. The molecule has 4 aromatic rings. The second-order valence-corrected chi connectivity index (χ2v) is 6.83. The average molecular weight is 370 g/mol. The van der Waals surface area contributed by atoms with E-state index in [1.807, 2.05) is 43.4 Å². The number of rotatable bonds is 6. The Bertz CT molecular complexity index is 1050. The van der Waals surface area contributed by atoms with Gasteiger partial charge in [0.2, 0.25) is 0 Å². The minimum absolute atomic E-state index is 0.0105. The Hall–Kier alpha value is -3.38. The maximum atomic E-state index is 6.43. The molecule has 1 unspecified atom stereocenters. The largest absolute Gasteiger partial charge is 0.357 e. The molecule has 0 saturated heterocycles. The predicted octanol–water partition coefficient (Wildman–Crippen LogP) is 3.09. The van der Waals surface area contributed by atoms with Crippen molar-refractivity contribution in [3.63, 3.8) is 0 Å². The van der Waals surface area contributed by atoms with Crippen molar-refractivity contribution >= 4 is 16.7 Å². The molecule has 1 atom stereocenters. The Balaban J connectivity index is 1.64. The second kappa shape index (κ2) is 8.10. The Morgan fingerprint density at radius 1 is 0.929 bits per heavy atom. The summed E-state index contributed by atoms with van der Waals surface area (Å²) in [5, 5.41) is 0.960. The molecule has 3 aromatic heterocycles. The van der Waals surface area contributed by atoms with Crippen molar-refractivity contribution in [3.05, 3.63) is 78.9 Å².